The van der Waals surface area contributed by atoms with Gasteiger partial charge in [-0.3, -0.25) is 14.4 Å². The third-order valence-corrected chi connectivity index (χ3v) is 7.64. The van der Waals surface area contributed by atoms with E-state index in [0.29, 0.717) is 10.4 Å². The fourth-order valence-corrected chi connectivity index (χ4v) is 5.16. The first-order chi connectivity index (χ1) is 16.0. The van der Waals surface area contributed by atoms with Crippen LogP contribution < -0.4 is 10.3 Å². The third-order valence-electron chi connectivity index (χ3n) is 6.84. The van der Waals surface area contributed by atoms with Gasteiger partial charge < -0.3 is 4.74 Å². The molecule has 0 N–H and O–H groups in total. The lowest BCUT2D eigenvalue weighted by molar-refractivity contribution is 0.154. The maximum Gasteiger partial charge on any atom is 0.286 e. The van der Waals surface area contributed by atoms with Crippen molar-refractivity contribution in [3.8, 4) is 11.4 Å². The molecule has 1 aromatic heterocycles. The highest BCUT2D eigenvalue weighted by Gasteiger charge is 2.24. The Labute approximate surface area is 205 Å². The topological polar surface area (TPSA) is 39.4 Å². The van der Waals surface area contributed by atoms with Crippen LogP contribution in [-0.4, -0.2) is 34.0 Å². The van der Waals surface area contributed by atoms with E-state index in [-0.39, 0.29) is 5.56 Å². The first kappa shape index (κ1) is 23.8. The van der Waals surface area contributed by atoms with Gasteiger partial charge in [0.15, 0.2) is 0 Å². The van der Waals surface area contributed by atoms with Crippen LogP contribution in [0.1, 0.15) is 43.0 Å². The van der Waals surface area contributed by atoms with Crippen molar-refractivity contribution >= 4 is 15.9 Å². The van der Waals surface area contributed by atoms with E-state index in [9.17, 15) is 4.79 Å². The van der Waals surface area contributed by atoms with Crippen molar-refractivity contribution in [1.29, 1.82) is 0 Å². The standard InChI is InChI=1S/C27H34BrN3O2/c1-4-30-25(26(28)27(32)31(30)23-8-6-5-7-9-23)19-29-15-12-22(13-16-29)14-17-33-24-11-10-20(2)21(3)18-24/h5-11,18,22H,4,12-17,19H2,1-3H3. The molecule has 0 spiro atoms. The minimum atomic E-state index is 0.0106. The molecular weight excluding hydrogens is 478 g/mol. The third kappa shape index (κ3) is 5.44. The quantitative estimate of drug-likeness (QED) is 0.388. The number of benzene rings is 2. The number of halogens is 1. The van der Waals surface area contributed by atoms with Crippen molar-refractivity contribution < 1.29 is 4.74 Å². The molecule has 0 bridgehead atoms. The lowest BCUT2D eigenvalue weighted by Gasteiger charge is -2.32. The van der Waals surface area contributed by atoms with Crippen LogP contribution in [0.25, 0.3) is 5.69 Å². The summed E-state index contributed by atoms with van der Waals surface area (Å²) in [4.78, 5) is 15.5. The van der Waals surface area contributed by atoms with Crippen molar-refractivity contribution in [1.82, 2.24) is 14.3 Å². The summed E-state index contributed by atoms with van der Waals surface area (Å²) >= 11 is 3.60. The van der Waals surface area contributed by atoms with Crippen LogP contribution in [-0.2, 0) is 13.1 Å². The number of rotatable bonds is 8. The lowest BCUT2D eigenvalue weighted by atomic mass is 9.94. The van der Waals surface area contributed by atoms with Gasteiger partial charge in [-0.15, -0.1) is 0 Å². The lowest BCUT2D eigenvalue weighted by Crippen LogP contribution is -2.34. The summed E-state index contributed by atoms with van der Waals surface area (Å²) in [7, 11) is 0. The summed E-state index contributed by atoms with van der Waals surface area (Å²) in [6, 6.07) is 16.2. The minimum absolute atomic E-state index is 0.0106. The van der Waals surface area contributed by atoms with Gasteiger partial charge in [0.1, 0.15) is 10.2 Å². The number of aryl methyl sites for hydroxylation is 2. The number of hydrogen-bond donors (Lipinski definition) is 0. The summed E-state index contributed by atoms with van der Waals surface area (Å²) in [5.74, 6) is 1.67. The molecule has 0 atom stereocenters. The highest BCUT2D eigenvalue weighted by atomic mass is 79.9. The van der Waals surface area contributed by atoms with E-state index in [1.54, 1.807) is 4.68 Å². The van der Waals surface area contributed by atoms with E-state index in [1.165, 1.54) is 24.0 Å². The van der Waals surface area contributed by atoms with Gasteiger partial charge in [0.25, 0.3) is 5.56 Å². The van der Waals surface area contributed by atoms with Crippen molar-refractivity contribution in [2.45, 2.75) is 53.1 Å². The molecule has 0 unspecified atom stereocenters. The smallest absolute Gasteiger partial charge is 0.286 e. The largest absolute Gasteiger partial charge is 0.494 e. The van der Waals surface area contributed by atoms with Gasteiger partial charge in [0.05, 0.1) is 18.0 Å². The van der Waals surface area contributed by atoms with Crippen LogP contribution in [0.2, 0.25) is 0 Å². The highest BCUT2D eigenvalue weighted by Crippen LogP contribution is 2.25. The molecule has 1 aliphatic heterocycles. The zero-order chi connectivity index (χ0) is 23.4. The number of piperidine rings is 1. The molecule has 0 aliphatic carbocycles. The Morgan fingerprint density at radius 2 is 1.76 bits per heavy atom. The molecule has 1 aliphatic rings. The van der Waals surface area contributed by atoms with Crippen LogP contribution in [0, 0.1) is 19.8 Å². The number of likely N-dealkylation sites (tertiary alicyclic amines) is 1. The van der Waals surface area contributed by atoms with E-state index in [2.05, 4.69) is 64.5 Å². The van der Waals surface area contributed by atoms with Crippen LogP contribution in [0.4, 0.5) is 0 Å². The molecule has 1 fully saturated rings. The monoisotopic (exact) mass is 511 g/mol. The fraction of sp³-hybridized carbons (Fsp3) is 0.444. The fourth-order valence-electron chi connectivity index (χ4n) is 4.66. The second-order valence-corrected chi connectivity index (χ2v) is 9.82. The average Bonchev–Trinajstić information content (AvgIpc) is 3.07. The molecule has 33 heavy (non-hydrogen) atoms. The van der Waals surface area contributed by atoms with Crippen molar-refractivity contribution in [2.75, 3.05) is 19.7 Å². The van der Waals surface area contributed by atoms with Crippen LogP contribution in [0.5, 0.6) is 5.75 Å². The summed E-state index contributed by atoms with van der Waals surface area (Å²) in [6.45, 7) is 10.8. The number of hydrogen-bond acceptors (Lipinski definition) is 3. The van der Waals surface area contributed by atoms with Crippen molar-refractivity contribution in [2.24, 2.45) is 5.92 Å². The molecule has 0 amide bonds. The van der Waals surface area contributed by atoms with Gasteiger partial charge in [0, 0.05) is 13.1 Å². The molecule has 0 saturated carbocycles. The molecule has 4 rings (SSSR count). The van der Waals surface area contributed by atoms with Crippen molar-refractivity contribution in [3.63, 3.8) is 0 Å². The number of nitrogens with zero attached hydrogens (tertiary/aromatic N) is 3. The van der Waals surface area contributed by atoms with Gasteiger partial charge in [-0.25, -0.2) is 4.68 Å². The van der Waals surface area contributed by atoms with Gasteiger partial charge in [-0.1, -0.05) is 24.3 Å². The first-order valence-electron chi connectivity index (χ1n) is 12.0. The van der Waals surface area contributed by atoms with E-state index in [1.807, 2.05) is 30.3 Å². The van der Waals surface area contributed by atoms with Gasteiger partial charge in [-0.05, 0) is 110 Å². The van der Waals surface area contributed by atoms with E-state index in [0.717, 1.165) is 56.3 Å². The van der Waals surface area contributed by atoms with E-state index in [4.69, 9.17) is 4.74 Å². The summed E-state index contributed by atoms with van der Waals surface area (Å²) < 4.78 is 10.6. The minimum Gasteiger partial charge on any atom is -0.494 e. The highest BCUT2D eigenvalue weighted by molar-refractivity contribution is 9.10. The Bertz CT molecular complexity index is 1130. The molecule has 5 nitrogen and oxygen atoms in total. The number of para-hydroxylation sites is 1. The van der Waals surface area contributed by atoms with Gasteiger partial charge >= 0.3 is 0 Å². The molecule has 6 heteroatoms. The Morgan fingerprint density at radius 3 is 2.42 bits per heavy atom. The molecule has 0 radical (unpaired) electrons. The first-order valence-corrected chi connectivity index (χ1v) is 12.7. The predicted molar refractivity (Wildman–Crippen MR) is 137 cm³/mol. The Hall–Kier alpha value is -2.31. The zero-order valence-electron chi connectivity index (χ0n) is 19.9. The van der Waals surface area contributed by atoms with Crippen LogP contribution in [0.15, 0.2) is 57.8 Å². The number of ether oxygens (including phenoxy) is 1. The van der Waals surface area contributed by atoms with E-state index >= 15 is 0 Å². The maximum atomic E-state index is 13.0. The molecule has 176 valence electrons. The summed E-state index contributed by atoms with van der Waals surface area (Å²) in [5.41, 5.74) is 4.55. The van der Waals surface area contributed by atoms with Gasteiger partial charge in [0.2, 0.25) is 0 Å². The summed E-state index contributed by atoms with van der Waals surface area (Å²) in [5, 5.41) is 0. The Kier molecular flexibility index (Phi) is 7.76. The van der Waals surface area contributed by atoms with E-state index < -0.39 is 0 Å². The van der Waals surface area contributed by atoms with Crippen molar-refractivity contribution in [3.05, 3.63) is 80.2 Å². The van der Waals surface area contributed by atoms with Crippen LogP contribution in [0.3, 0.4) is 0 Å². The maximum absolute atomic E-state index is 13.0. The normalized spacial score (nSPS) is 15.2. The molecule has 2 heterocycles. The van der Waals surface area contributed by atoms with Gasteiger partial charge in [-0.2, -0.15) is 0 Å². The Balaban J connectivity index is 1.33. The van der Waals surface area contributed by atoms with Crippen LogP contribution >= 0.6 is 15.9 Å². The molecule has 3 aromatic rings. The zero-order valence-corrected chi connectivity index (χ0v) is 21.5. The second-order valence-electron chi connectivity index (χ2n) is 9.03. The average molecular weight is 512 g/mol. The Morgan fingerprint density at radius 1 is 1.03 bits per heavy atom. The number of aromatic nitrogens is 2. The molecule has 2 aromatic carbocycles. The molecule has 1 saturated heterocycles. The predicted octanol–water partition coefficient (Wildman–Crippen LogP) is 5.72. The molecular formula is C27H34BrN3O2. The summed E-state index contributed by atoms with van der Waals surface area (Å²) in [6.07, 6.45) is 3.43. The second kappa shape index (κ2) is 10.7. The SMILES string of the molecule is CCn1c(CN2CCC(CCOc3ccc(C)c(C)c3)CC2)c(Br)c(=O)n1-c1ccccc1.